The molecule has 0 amide bonds. The normalized spacial score (nSPS) is 10.6. The maximum absolute atomic E-state index is 9.72. The van der Waals surface area contributed by atoms with E-state index in [0.717, 1.165) is 16.7 Å². The molecule has 0 aliphatic rings. The van der Waals surface area contributed by atoms with E-state index in [-0.39, 0.29) is 5.75 Å². The lowest BCUT2D eigenvalue weighted by molar-refractivity contribution is 0.411. The van der Waals surface area contributed by atoms with Crippen molar-refractivity contribution in [2.24, 2.45) is 0 Å². The van der Waals surface area contributed by atoms with Crippen LogP contribution < -0.4 is 9.47 Å². The topological polar surface area (TPSA) is 50.0 Å². The molecule has 1 aromatic heterocycles. The summed E-state index contributed by atoms with van der Waals surface area (Å²) in [6.07, 6.45) is 0. The fraction of sp³-hybridized carbons (Fsp3) is 0.118. The van der Waals surface area contributed by atoms with E-state index in [2.05, 4.69) is 0 Å². The number of fused-ring (bicyclic) bond motifs is 1. The van der Waals surface area contributed by atoms with Crippen LogP contribution in [-0.2, 0) is 0 Å². The number of hydrogen-bond acceptors (Lipinski definition) is 3. The first-order valence-electron chi connectivity index (χ1n) is 6.49. The summed E-state index contributed by atoms with van der Waals surface area (Å²) >= 11 is 0. The molecule has 106 valence electrons. The fourth-order valence-electron chi connectivity index (χ4n) is 2.23. The first-order valence-corrected chi connectivity index (χ1v) is 6.49. The third-order valence-electron chi connectivity index (χ3n) is 3.30. The minimum Gasteiger partial charge on any atom is -0.507 e. The first kappa shape index (κ1) is 13.2. The Morgan fingerprint density at radius 2 is 1.67 bits per heavy atom. The van der Waals surface area contributed by atoms with Gasteiger partial charge < -0.3 is 14.6 Å². The molecular weight excluding hydrogens is 268 g/mol. The lowest BCUT2D eigenvalue weighted by Gasteiger charge is -2.02. The SMILES string of the molecule is COc1ccc(-c2ccc3c(OC)cc(O)cc3[o+]2)cc1. The monoisotopic (exact) mass is 283 g/mol. The first-order chi connectivity index (χ1) is 10.2. The van der Waals surface area contributed by atoms with Crippen LogP contribution in [0.4, 0.5) is 0 Å². The standard InChI is InChI=1S/C17H14O4/c1-19-13-5-3-11(4-6-13)15-8-7-14-16(20-2)9-12(18)10-17(14)21-15/h3-10H,1-2H3/p+1. The summed E-state index contributed by atoms with van der Waals surface area (Å²) < 4.78 is 16.3. The predicted molar refractivity (Wildman–Crippen MR) is 80.8 cm³/mol. The molecule has 3 aromatic rings. The zero-order chi connectivity index (χ0) is 14.8. The Hall–Kier alpha value is -2.75. The number of aromatic hydroxyl groups is 1. The summed E-state index contributed by atoms with van der Waals surface area (Å²) in [6, 6.07) is 14.5. The summed E-state index contributed by atoms with van der Waals surface area (Å²) in [5.74, 6) is 2.18. The molecule has 0 spiro atoms. The van der Waals surface area contributed by atoms with Gasteiger partial charge in [0.2, 0.25) is 0 Å². The molecule has 2 aromatic carbocycles. The van der Waals surface area contributed by atoms with Crippen molar-refractivity contribution in [1.29, 1.82) is 0 Å². The van der Waals surface area contributed by atoms with Gasteiger partial charge >= 0.3 is 11.3 Å². The van der Waals surface area contributed by atoms with Gasteiger partial charge in [0.05, 0.1) is 25.8 Å². The van der Waals surface area contributed by atoms with E-state index in [4.69, 9.17) is 13.9 Å². The summed E-state index contributed by atoms with van der Waals surface area (Å²) in [7, 11) is 3.19. The Morgan fingerprint density at radius 3 is 2.33 bits per heavy atom. The second kappa shape index (κ2) is 5.32. The van der Waals surface area contributed by atoms with Gasteiger partial charge in [0, 0.05) is 12.1 Å². The second-order valence-electron chi connectivity index (χ2n) is 4.59. The zero-order valence-electron chi connectivity index (χ0n) is 11.8. The predicted octanol–water partition coefficient (Wildman–Crippen LogP) is 4.10. The van der Waals surface area contributed by atoms with E-state index < -0.39 is 0 Å². The average molecular weight is 283 g/mol. The van der Waals surface area contributed by atoms with E-state index in [1.165, 1.54) is 0 Å². The summed E-state index contributed by atoms with van der Waals surface area (Å²) in [5.41, 5.74) is 1.50. The molecule has 0 bridgehead atoms. The van der Waals surface area contributed by atoms with Gasteiger partial charge in [-0.05, 0) is 30.3 Å². The minimum atomic E-state index is 0.106. The van der Waals surface area contributed by atoms with E-state index in [9.17, 15) is 5.11 Å². The van der Waals surface area contributed by atoms with Crippen LogP contribution in [0.3, 0.4) is 0 Å². The van der Waals surface area contributed by atoms with Gasteiger partial charge in [-0.15, -0.1) is 0 Å². The molecular formula is C17H15O4+. The Bertz CT molecular complexity index is 779. The highest BCUT2D eigenvalue weighted by atomic mass is 16.5. The Labute approximate surface area is 122 Å². The third-order valence-corrected chi connectivity index (χ3v) is 3.30. The maximum atomic E-state index is 9.72. The number of phenolic OH excluding ortho intramolecular Hbond substituents is 1. The van der Waals surface area contributed by atoms with Crippen LogP contribution in [0.15, 0.2) is 52.9 Å². The van der Waals surface area contributed by atoms with Crippen molar-refractivity contribution in [2.75, 3.05) is 14.2 Å². The molecule has 4 heteroatoms. The molecule has 4 nitrogen and oxygen atoms in total. The molecule has 0 unspecified atom stereocenters. The van der Waals surface area contributed by atoms with Gasteiger partial charge in [-0.1, -0.05) is 0 Å². The van der Waals surface area contributed by atoms with Crippen LogP contribution in [0, 0.1) is 0 Å². The largest absolute Gasteiger partial charge is 0.507 e. The van der Waals surface area contributed by atoms with Gasteiger partial charge in [0.15, 0.2) is 0 Å². The van der Waals surface area contributed by atoms with Crippen molar-refractivity contribution in [3.05, 3.63) is 48.5 Å². The molecule has 0 saturated carbocycles. The zero-order valence-corrected chi connectivity index (χ0v) is 11.8. The molecule has 0 saturated heterocycles. The highest BCUT2D eigenvalue weighted by Gasteiger charge is 2.18. The Morgan fingerprint density at radius 1 is 0.905 bits per heavy atom. The van der Waals surface area contributed by atoms with E-state index in [1.54, 1.807) is 26.4 Å². The average Bonchev–Trinajstić information content (AvgIpc) is 2.53. The number of methoxy groups -OCH3 is 2. The molecule has 21 heavy (non-hydrogen) atoms. The highest BCUT2D eigenvalue weighted by molar-refractivity contribution is 5.86. The van der Waals surface area contributed by atoms with Gasteiger partial charge in [0.1, 0.15) is 22.6 Å². The summed E-state index contributed by atoms with van der Waals surface area (Å²) in [4.78, 5) is 0. The maximum Gasteiger partial charge on any atom is 0.368 e. The Kier molecular flexibility index (Phi) is 3.36. The van der Waals surface area contributed by atoms with E-state index >= 15 is 0 Å². The highest BCUT2D eigenvalue weighted by Crippen LogP contribution is 2.33. The summed E-state index contributed by atoms with van der Waals surface area (Å²) in [5, 5.41) is 10.5. The van der Waals surface area contributed by atoms with Gasteiger partial charge in [-0.2, -0.15) is 0 Å². The molecule has 0 atom stereocenters. The molecule has 0 aliphatic heterocycles. The number of phenols is 1. The Balaban J connectivity index is 2.11. The molecule has 0 aliphatic carbocycles. The fourth-order valence-corrected chi connectivity index (χ4v) is 2.23. The van der Waals surface area contributed by atoms with Crippen LogP contribution in [0.25, 0.3) is 22.3 Å². The van der Waals surface area contributed by atoms with E-state index in [1.807, 2.05) is 36.4 Å². The molecule has 3 rings (SSSR count). The van der Waals surface area contributed by atoms with Crippen molar-refractivity contribution in [3.8, 4) is 28.6 Å². The minimum absolute atomic E-state index is 0.106. The number of benzene rings is 2. The lowest BCUT2D eigenvalue weighted by atomic mass is 10.1. The molecule has 1 heterocycles. The summed E-state index contributed by atoms with van der Waals surface area (Å²) in [6.45, 7) is 0. The van der Waals surface area contributed by atoms with Crippen molar-refractivity contribution >= 4 is 11.0 Å². The second-order valence-corrected chi connectivity index (χ2v) is 4.59. The molecule has 0 radical (unpaired) electrons. The van der Waals surface area contributed by atoms with Crippen LogP contribution in [0.5, 0.6) is 17.2 Å². The third kappa shape index (κ3) is 2.48. The number of ether oxygens (including phenoxy) is 2. The van der Waals surface area contributed by atoms with Gasteiger partial charge in [-0.25, -0.2) is 4.42 Å². The number of rotatable bonds is 3. The lowest BCUT2D eigenvalue weighted by Crippen LogP contribution is -1.86. The van der Waals surface area contributed by atoms with E-state index in [0.29, 0.717) is 17.1 Å². The molecule has 1 N–H and O–H groups in total. The van der Waals surface area contributed by atoms with Crippen molar-refractivity contribution in [1.82, 2.24) is 0 Å². The van der Waals surface area contributed by atoms with Crippen LogP contribution >= 0.6 is 0 Å². The van der Waals surface area contributed by atoms with Crippen LogP contribution in [0.1, 0.15) is 0 Å². The number of hydrogen-bond donors (Lipinski definition) is 1. The van der Waals surface area contributed by atoms with Gasteiger partial charge in [-0.3, -0.25) is 0 Å². The quantitative estimate of drug-likeness (QED) is 0.735. The van der Waals surface area contributed by atoms with Gasteiger partial charge in [0.25, 0.3) is 0 Å². The van der Waals surface area contributed by atoms with Crippen LogP contribution in [0.2, 0.25) is 0 Å². The smallest absolute Gasteiger partial charge is 0.368 e. The molecule has 0 fully saturated rings. The van der Waals surface area contributed by atoms with Crippen LogP contribution in [-0.4, -0.2) is 19.3 Å². The van der Waals surface area contributed by atoms with Crippen molar-refractivity contribution in [3.63, 3.8) is 0 Å². The van der Waals surface area contributed by atoms with Crippen molar-refractivity contribution in [2.45, 2.75) is 0 Å². The van der Waals surface area contributed by atoms with Crippen molar-refractivity contribution < 1.29 is 19.0 Å².